The molecule has 0 saturated carbocycles. The Morgan fingerprint density at radius 2 is 2.36 bits per heavy atom. The Morgan fingerprint density at radius 3 is 3.07 bits per heavy atom. The second-order valence-electron chi connectivity index (χ2n) is 2.58. The minimum absolute atomic E-state index is 0.216. The van der Waals surface area contributed by atoms with E-state index in [4.69, 9.17) is 0 Å². The van der Waals surface area contributed by atoms with Crippen LogP contribution in [0.4, 0.5) is 0 Å². The van der Waals surface area contributed by atoms with Crippen LogP contribution in [0, 0.1) is 0 Å². The Morgan fingerprint density at radius 1 is 1.57 bits per heavy atom. The molecule has 0 bridgehead atoms. The second kappa shape index (κ2) is 3.38. The van der Waals surface area contributed by atoms with Crippen molar-refractivity contribution < 1.29 is 9.53 Å². The summed E-state index contributed by atoms with van der Waals surface area (Å²) in [4.78, 5) is 11.2. The van der Waals surface area contributed by atoms with Crippen LogP contribution in [0.15, 0.2) is 22.8 Å². The molecule has 2 rings (SSSR count). The van der Waals surface area contributed by atoms with Crippen molar-refractivity contribution in [3.05, 3.63) is 28.5 Å². The summed E-state index contributed by atoms with van der Waals surface area (Å²) in [6.45, 7) is 0. The Balaban J connectivity index is 2.70. The average Bonchev–Trinajstić information content (AvgIpc) is 2.62. The first-order valence-electron chi connectivity index (χ1n) is 3.82. The van der Waals surface area contributed by atoms with Gasteiger partial charge in [0.2, 0.25) is 0 Å². The number of nitrogens with zero attached hydrogens (tertiary/aromatic N) is 3. The van der Waals surface area contributed by atoms with Crippen molar-refractivity contribution in [2.75, 3.05) is 7.11 Å². The van der Waals surface area contributed by atoms with Crippen molar-refractivity contribution in [2.24, 2.45) is 0 Å². The van der Waals surface area contributed by atoms with Gasteiger partial charge in [-0.05, 0) is 28.1 Å². The van der Waals surface area contributed by atoms with Crippen molar-refractivity contribution in [1.29, 1.82) is 0 Å². The summed E-state index contributed by atoms with van der Waals surface area (Å²) in [5.74, 6) is -0.488. The zero-order valence-corrected chi connectivity index (χ0v) is 8.85. The number of hydrogen-bond donors (Lipinski definition) is 0. The topological polar surface area (TPSA) is 56.5 Å². The predicted octanol–water partition coefficient (Wildman–Crippen LogP) is 1.28. The van der Waals surface area contributed by atoms with Gasteiger partial charge in [-0.25, -0.2) is 9.31 Å². The smallest absolute Gasteiger partial charge is 0.360 e. The Bertz CT molecular complexity index is 494. The van der Waals surface area contributed by atoms with Gasteiger partial charge in [0.05, 0.1) is 7.11 Å². The zero-order chi connectivity index (χ0) is 10.1. The number of aromatic nitrogens is 3. The van der Waals surface area contributed by atoms with Crippen LogP contribution in [0.3, 0.4) is 0 Å². The molecule has 0 aromatic carbocycles. The number of esters is 1. The van der Waals surface area contributed by atoms with Crippen molar-refractivity contribution in [1.82, 2.24) is 14.8 Å². The molecule has 0 radical (unpaired) electrons. The van der Waals surface area contributed by atoms with E-state index in [1.54, 1.807) is 12.1 Å². The number of fused-ring (bicyclic) bond motifs is 1. The maximum absolute atomic E-state index is 11.2. The van der Waals surface area contributed by atoms with Gasteiger partial charge in [-0.1, -0.05) is 11.3 Å². The average molecular weight is 256 g/mol. The quantitative estimate of drug-likeness (QED) is 0.569. The van der Waals surface area contributed by atoms with Crippen molar-refractivity contribution in [3.63, 3.8) is 0 Å². The first kappa shape index (κ1) is 9.14. The van der Waals surface area contributed by atoms with Gasteiger partial charge < -0.3 is 4.74 Å². The van der Waals surface area contributed by atoms with Crippen LogP contribution < -0.4 is 0 Å². The lowest BCUT2D eigenvalue weighted by molar-refractivity contribution is 0.0596. The first-order valence-corrected chi connectivity index (χ1v) is 4.61. The molecule has 5 nitrogen and oxygen atoms in total. The van der Waals surface area contributed by atoms with Crippen LogP contribution in [0.2, 0.25) is 0 Å². The van der Waals surface area contributed by atoms with E-state index in [-0.39, 0.29) is 5.69 Å². The van der Waals surface area contributed by atoms with E-state index in [1.807, 2.05) is 6.07 Å². The lowest BCUT2D eigenvalue weighted by Crippen LogP contribution is -2.02. The third-order valence-corrected chi connectivity index (χ3v) is 2.37. The molecule has 0 saturated heterocycles. The number of halogens is 1. The molecule has 0 aliphatic rings. The number of carbonyl (C=O) groups is 1. The molecule has 72 valence electrons. The van der Waals surface area contributed by atoms with E-state index in [0.29, 0.717) is 5.52 Å². The maximum Gasteiger partial charge on any atom is 0.360 e. The molecule has 0 spiro atoms. The van der Waals surface area contributed by atoms with Crippen LogP contribution in [0.5, 0.6) is 0 Å². The molecule has 0 unspecified atom stereocenters. The molecule has 2 aromatic heterocycles. The van der Waals surface area contributed by atoms with E-state index in [0.717, 1.165) is 4.60 Å². The summed E-state index contributed by atoms with van der Waals surface area (Å²) in [7, 11) is 1.31. The molecule has 0 aliphatic heterocycles. The second-order valence-corrected chi connectivity index (χ2v) is 3.39. The third-order valence-electron chi connectivity index (χ3n) is 1.77. The molecule has 14 heavy (non-hydrogen) atoms. The fourth-order valence-corrected chi connectivity index (χ4v) is 1.54. The van der Waals surface area contributed by atoms with Gasteiger partial charge in [-0.15, -0.1) is 5.10 Å². The largest absolute Gasteiger partial charge is 0.464 e. The summed E-state index contributed by atoms with van der Waals surface area (Å²) in [6, 6.07) is 5.36. The molecular weight excluding hydrogens is 250 g/mol. The van der Waals surface area contributed by atoms with Gasteiger partial charge in [-0.3, -0.25) is 0 Å². The summed E-state index contributed by atoms with van der Waals surface area (Å²) in [6.07, 6.45) is 0. The number of carbonyl (C=O) groups excluding carboxylic acids is 1. The highest BCUT2D eigenvalue weighted by Crippen LogP contribution is 2.14. The van der Waals surface area contributed by atoms with E-state index < -0.39 is 5.97 Å². The van der Waals surface area contributed by atoms with E-state index >= 15 is 0 Å². The molecule has 2 aromatic rings. The highest BCUT2D eigenvalue weighted by atomic mass is 79.9. The number of rotatable bonds is 1. The minimum Gasteiger partial charge on any atom is -0.464 e. The van der Waals surface area contributed by atoms with Crippen molar-refractivity contribution in [3.8, 4) is 0 Å². The van der Waals surface area contributed by atoms with Gasteiger partial charge in [0.1, 0.15) is 10.1 Å². The monoisotopic (exact) mass is 255 g/mol. The molecule has 6 heteroatoms. The fourth-order valence-electron chi connectivity index (χ4n) is 1.13. The van der Waals surface area contributed by atoms with Crippen LogP contribution in [0.1, 0.15) is 10.5 Å². The molecular formula is C8H6BrN3O2. The Kier molecular flexibility index (Phi) is 2.20. The highest BCUT2D eigenvalue weighted by Gasteiger charge is 2.15. The fraction of sp³-hybridized carbons (Fsp3) is 0.125. The summed E-state index contributed by atoms with van der Waals surface area (Å²) in [5.41, 5.74) is 0.833. The Hall–Kier alpha value is -1.43. The first-order chi connectivity index (χ1) is 6.74. The van der Waals surface area contributed by atoms with Crippen molar-refractivity contribution in [2.45, 2.75) is 0 Å². The normalized spacial score (nSPS) is 10.4. The van der Waals surface area contributed by atoms with Gasteiger partial charge in [0, 0.05) is 0 Å². The number of pyridine rings is 1. The lowest BCUT2D eigenvalue weighted by Gasteiger charge is -1.95. The summed E-state index contributed by atoms with van der Waals surface area (Å²) >= 11 is 3.29. The van der Waals surface area contributed by atoms with E-state index in [1.165, 1.54) is 11.6 Å². The number of ether oxygens (including phenoxy) is 1. The van der Waals surface area contributed by atoms with Crippen LogP contribution >= 0.6 is 15.9 Å². The van der Waals surface area contributed by atoms with Gasteiger partial charge in [0.15, 0.2) is 5.69 Å². The highest BCUT2D eigenvalue weighted by molar-refractivity contribution is 9.10. The van der Waals surface area contributed by atoms with Crippen LogP contribution in [0.25, 0.3) is 5.52 Å². The van der Waals surface area contributed by atoms with Crippen LogP contribution in [-0.4, -0.2) is 27.9 Å². The molecule has 0 fully saturated rings. The van der Waals surface area contributed by atoms with Gasteiger partial charge in [-0.2, -0.15) is 0 Å². The Labute approximate surface area is 87.8 Å². The van der Waals surface area contributed by atoms with E-state index in [9.17, 15) is 4.79 Å². The van der Waals surface area contributed by atoms with E-state index in [2.05, 4.69) is 31.0 Å². The standard InChI is InChI=1S/C8H6BrN3O2/c1-14-8(13)7-5-3-2-4-6(9)12(5)11-10-7/h2-4H,1H3. The molecule has 0 N–H and O–H groups in total. The molecule has 2 heterocycles. The summed E-state index contributed by atoms with van der Waals surface area (Å²) < 4.78 is 6.83. The number of methoxy groups -OCH3 is 1. The molecule has 0 atom stereocenters. The van der Waals surface area contributed by atoms with Gasteiger partial charge in [0.25, 0.3) is 0 Å². The lowest BCUT2D eigenvalue weighted by atomic mass is 10.3. The van der Waals surface area contributed by atoms with Crippen LogP contribution in [-0.2, 0) is 4.74 Å². The minimum atomic E-state index is -0.488. The third kappa shape index (κ3) is 1.27. The maximum atomic E-state index is 11.2. The zero-order valence-electron chi connectivity index (χ0n) is 7.27. The SMILES string of the molecule is COC(=O)c1nnn2c(Br)cccc12. The van der Waals surface area contributed by atoms with Gasteiger partial charge >= 0.3 is 5.97 Å². The molecule has 0 aliphatic carbocycles. The predicted molar refractivity (Wildman–Crippen MR) is 52.0 cm³/mol. The summed E-state index contributed by atoms with van der Waals surface area (Å²) in [5, 5.41) is 7.54. The molecule has 0 amide bonds. The van der Waals surface area contributed by atoms with Crippen molar-refractivity contribution >= 4 is 27.4 Å². The number of hydrogen-bond acceptors (Lipinski definition) is 4.